The van der Waals surface area contributed by atoms with Gasteiger partial charge in [0.15, 0.2) is 0 Å². The van der Waals surface area contributed by atoms with E-state index in [1.54, 1.807) is 68.6 Å². The van der Waals surface area contributed by atoms with E-state index in [0.29, 0.717) is 41.1 Å². The van der Waals surface area contributed by atoms with E-state index in [4.69, 9.17) is 4.42 Å². The zero-order chi connectivity index (χ0) is 22.0. The molecule has 1 aliphatic rings. The van der Waals surface area contributed by atoms with Crippen LogP contribution in [0.25, 0.3) is 0 Å². The van der Waals surface area contributed by atoms with Crippen molar-refractivity contribution < 1.29 is 17.6 Å². The van der Waals surface area contributed by atoms with Gasteiger partial charge in [-0.2, -0.15) is 5.10 Å². The molecule has 3 aromatic rings. The highest BCUT2D eigenvalue weighted by atomic mass is 32.2. The number of anilines is 1. The molecule has 1 N–H and O–H groups in total. The zero-order valence-electron chi connectivity index (χ0n) is 17.3. The Labute approximate surface area is 181 Å². The number of para-hydroxylation sites is 1. The lowest BCUT2D eigenvalue weighted by Crippen LogP contribution is -2.25. The maximum absolute atomic E-state index is 13.0. The standard InChI is InChI=1S/C23H23N3O4S/c1-3-23(27)26-20(21-12-8-14-30-21)15-19(24-26)17-10-5-6-11-18(17)25-31(28,29)22-13-7-4-9-16(22)2/h4-14,20,25H,3,15H2,1-2H3/t20-/m1/s1. The van der Waals surface area contributed by atoms with Gasteiger partial charge in [-0.1, -0.05) is 43.3 Å². The summed E-state index contributed by atoms with van der Waals surface area (Å²) in [6.07, 6.45) is 2.28. The average Bonchev–Trinajstić information content (AvgIpc) is 3.43. The van der Waals surface area contributed by atoms with E-state index in [9.17, 15) is 13.2 Å². The molecule has 0 saturated carbocycles. The number of sulfonamides is 1. The molecule has 31 heavy (non-hydrogen) atoms. The van der Waals surface area contributed by atoms with E-state index in [1.807, 2.05) is 12.1 Å². The zero-order valence-corrected chi connectivity index (χ0v) is 18.1. The first-order valence-electron chi connectivity index (χ1n) is 10.0. The fourth-order valence-electron chi connectivity index (χ4n) is 3.65. The molecule has 0 unspecified atom stereocenters. The summed E-state index contributed by atoms with van der Waals surface area (Å²) in [4.78, 5) is 12.7. The van der Waals surface area contributed by atoms with Crippen LogP contribution in [0.4, 0.5) is 5.69 Å². The van der Waals surface area contributed by atoms with Crippen LogP contribution in [0.15, 0.2) is 81.3 Å². The van der Waals surface area contributed by atoms with Crippen LogP contribution in [-0.4, -0.2) is 25.0 Å². The third-order valence-corrected chi connectivity index (χ3v) is 6.73. The minimum Gasteiger partial charge on any atom is -0.467 e. The predicted molar refractivity (Wildman–Crippen MR) is 118 cm³/mol. The number of amides is 1. The van der Waals surface area contributed by atoms with E-state index >= 15 is 0 Å². The lowest BCUT2D eigenvalue weighted by molar-refractivity contribution is -0.133. The van der Waals surface area contributed by atoms with Crippen molar-refractivity contribution in [2.75, 3.05) is 4.72 Å². The number of furan rings is 1. The van der Waals surface area contributed by atoms with Crippen molar-refractivity contribution in [1.29, 1.82) is 0 Å². The van der Waals surface area contributed by atoms with E-state index < -0.39 is 10.0 Å². The Morgan fingerprint density at radius 1 is 1.13 bits per heavy atom. The number of rotatable bonds is 6. The van der Waals surface area contributed by atoms with E-state index in [0.717, 1.165) is 0 Å². The number of carbonyl (C=O) groups excluding carboxylic acids is 1. The predicted octanol–water partition coefficient (Wildman–Crippen LogP) is 4.48. The van der Waals surface area contributed by atoms with Gasteiger partial charge in [0.05, 0.1) is 22.6 Å². The maximum Gasteiger partial charge on any atom is 0.262 e. The monoisotopic (exact) mass is 437 g/mol. The molecular formula is C23H23N3O4S. The largest absolute Gasteiger partial charge is 0.467 e. The van der Waals surface area contributed by atoms with Gasteiger partial charge in [0.25, 0.3) is 10.0 Å². The first kappa shape index (κ1) is 20.9. The van der Waals surface area contributed by atoms with Crippen LogP contribution in [0.1, 0.15) is 42.7 Å². The Kier molecular flexibility index (Phi) is 5.65. The van der Waals surface area contributed by atoms with Gasteiger partial charge in [0.2, 0.25) is 5.91 Å². The molecule has 0 saturated heterocycles. The van der Waals surface area contributed by atoms with Crippen molar-refractivity contribution >= 4 is 27.3 Å². The first-order chi connectivity index (χ1) is 14.9. The summed E-state index contributed by atoms with van der Waals surface area (Å²) in [7, 11) is -3.79. The van der Waals surface area contributed by atoms with Crippen molar-refractivity contribution in [2.24, 2.45) is 5.10 Å². The summed E-state index contributed by atoms with van der Waals surface area (Å²) in [5, 5.41) is 5.98. The molecule has 0 spiro atoms. The minimum absolute atomic E-state index is 0.130. The number of hydrazone groups is 1. The third kappa shape index (κ3) is 4.11. The van der Waals surface area contributed by atoms with Crippen molar-refractivity contribution in [3.05, 3.63) is 83.8 Å². The molecule has 1 aliphatic heterocycles. The number of benzene rings is 2. The van der Waals surface area contributed by atoms with Crippen molar-refractivity contribution in [3.63, 3.8) is 0 Å². The van der Waals surface area contributed by atoms with Gasteiger partial charge in [0.1, 0.15) is 11.8 Å². The van der Waals surface area contributed by atoms with E-state index in [-0.39, 0.29) is 16.8 Å². The molecule has 4 rings (SSSR count). The Hall–Kier alpha value is -3.39. The quantitative estimate of drug-likeness (QED) is 0.616. The SMILES string of the molecule is CCC(=O)N1N=C(c2ccccc2NS(=O)(=O)c2ccccc2C)C[C@@H]1c1ccco1. The fraction of sp³-hybridized carbons (Fsp3) is 0.217. The molecule has 160 valence electrons. The average molecular weight is 438 g/mol. The van der Waals surface area contributed by atoms with Crippen LogP contribution in [0.2, 0.25) is 0 Å². The molecule has 0 fully saturated rings. The highest BCUT2D eigenvalue weighted by Gasteiger charge is 2.35. The van der Waals surface area contributed by atoms with Crippen molar-refractivity contribution in [2.45, 2.75) is 37.6 Å². The second kappa shape index (κ2) is 8.39. The molecule has 2 aromatic carbocycles. The first-order valence-corrected chi connectivity index (χ1v) is 11.5. The highest BCUT2D eigenvalue weighted by Crippen LogP contribution is 2.35. The molecule has 0 radical (unpaired) electrons. The lowest BCUT2D eigenvalue weighted by Gasteiger charge is -2.18. The maximum atomic E-state index is 13.0. The minimum atomic E-state index is -3.79. The topological polar surface area (TPSA) is 92.0 Å². The van der Waals surface area contributed by atoms with Crippen molar-refractivity contribution in [3.8, 4) is 0 Å². The summed E-state index contributed by atoms with van der Waals surface area (Å²) < 4.78 is 34.3. The van der Waals surface area contributed by atoms with Crippen LogP contribution >= 0.6 is 0 Å². The van der Waals surface area contributed by atoms with E-state index in [2.05, 4.69) is 9.82 Å². The highest BCUT2D eigenvalue weighted by molar-refractivity contribution is 7.92. The molecular weight excluding hydrogens is 414 g/mol. The van der Waals surface area contributed by atoms with Gasteiger partial charge in [-0.15, -0.1) is 0 Å². The number of hydrogen-bond acceptors (Lipinski definition) is 5. The Morgan fingerprint density at radius 2 is 1.87 bits per heavy atom. The van der Waals surface area contributed by atoms with Crippen LogP contribution in [0.5, 0.6) is 0 Å². The Morgan fingerprint density at radius 3 is 2.58 bits per heavy atom. The fourth-order valence-corrected chi connectivity index (χ4v) is 4.98. The number of carbonyl (C=O) groups is 1. The van der Waals surface area contributed by atoms with Crippen LogP contribution in [0, 0.1) is 6.92 Å². The number of nitrogens with zero attached hydrogens (tertiary/aromatic N) is 2. The summed E-state index contributed by atoms with van der Waals surface area (Å²) >= 11 is 0. The molecule has 1 aromatic heterocycles. The van der Waals surface area contributed by atoms with Crippen LogP contribution in [0.3, 0.4) is 0 Å². The summed E-state index contributed by atoms with van der Waals surface area (Å²) in [6, 6.07) is 17.1. The Balaban J connectivity index is 1.70. The van der Waals surface area contributed by atoms with Crippen molar-refractivity contribution in [1.82, 2.24) is 5.01 Å². The molecule has 1 atom stereocenters. The summed E-state index contributed by atoms with van der Waals surface area (Å²) in [6.45, 7) is 3.53. The molecule has 1 amide bonds. The molecule has 0 bridgehead atoms. The normalized spacial score (nSPS) is 16.3. The summed E-state index contributed by atoms with van der Waals surface area (Å²) in [5.41, 5.74) is 2.31. The van der Waals surface area contributed by atoms with Gasteiger partial charge in [-0.3, -0.25) is 9.52 Å². The lowest BCUT2D eigenvalue weighted by atomic mass is 10.0. The molecule has 0 aliphatic carbocycles. The Bertz CT molecular complexity index is 1230. The van der Waals surface area contributed by atoms with Crippen LogP contribution < -0.4 is 4.72 Å². The third-order valence-electron chi connectivity index (χ3n) is 5.21. The molecule has 7 nitrogen and oxygen atoms in total. The van der Waals surface area contributed by atoms with Gasteiger partial charge >= 0.3 is 0 Å². The van der Waals surface area contributed by atoms with E-state index in [1.165, 1.54) is 5.01 Å². The van der Waals surface area contributed by atoms with Gasteiger partial charge in [0, 0.05) is 18.4 Å². The number of aryl methyl sites for hydroxylation is 1. The van der Waals surface area contributed by atoms with Gasteiger partial charge in [-0.25, -0.2) is 13.4 Å². The number of hydrogen-bond donors (Lipinski definition) is 1. The second-order valence-corrected chi connectivity index (χ2v) is 8.94. The number of nitrogens with one attached hydrogen (secondary N) is 1. The molecule has 8 heteroatoms. The second-order valence-electron chi connectivity index (χ2n) is 7.29. The van der Waals surface area contributed by atoms with Gasteiger partial charge < -0.3 is 4.42 Å². The van der Waals surface area contributed by atoms with Gasteiger partial charge in [-0.05, 0) is 36.8 Å². The smallest absolute Gasteiger partial charge is 0.262 e. The molecule has 2 heterocycles. The van der Waals surface area contributed by atoms with Crippen LogP contribution in [-0.2, 0) is 14.8 Å². The summed E-state index contributed by atoms with van der Waals surface area (Å²) in [5.74, 6) is 0.507.